The van der Waals surface area contributed by atoms with Gasteiger partial charge < -0.3 is 9.47 Å². The summed E-state index contributed by atoms with van der Waals surface area (Å²) in [6, 6.07) is 8.58. The molecule has 6 heteroatoms. The van der Waals surface area contributed by atoms with Crippen LogP contribution in [0, 0.1) is 11.6 Å². The fourth-order valence-corrected chi connectivity index (χ4v) is 3.03. The summed E-state index contributed by atoms with van der Waals surface area (Å²) in [7, 11) is 0. The molecule has 2 aromatic rings. The van der Waals surface area contributed by atoms with E-state index in [9.17, 15) is 8.78 Å². The second kappa shape index (κ2) is 8.11. The zero-order valence-electron chi connectivity index (χ0n) is 12.7. The fourth-order valence-electron chi connectivity index (χ4n) is 2.14. The van der Waals surface area contributed by atoms with Crippen LogP contribution in [0.4, 0.5) is 8.78 Å². The Morgan fingerprint density at radius 3 is 1.57 bits per heavy atom. The van der Waals surface area contributed by atoms with Crippen LogP contribution in [0.3, 0.4) is 0 Å². The molecule has 0 radical (unpaired) electrons. The SMILES string of the molecule is CC(CC(C)Oc1ccc(F)cc1Br)Oc1ccc(F)cc1Br. The first kappa shape index (κ1) is 18.2. The third-order valence-corrected chi connectivity index (χ3v) is 4.35. The summed E-state index contributed by atoms with van der Waals surface area (Å²) < 4.78 is 38.9. The molecular weight excluding hydrogens is 434 g/mol. The third-order valence-electron chi connectivity index (χ3n) is 3.11. The van der Waals surface area contributed by atoms with Crippen molar-refractivity contribution in [2.24, 2.45) is 0 Å². The molecule has 0 aliphatic carbocycles. The van der Waals surface area contributed by atoms with Crippen molar-refractivity contribution in [2.75, 3.05) is 0 Å². The van der Waals surface area contributed by atoms with Gasteiger partial charge in [0.25, 0.3) is 0 Å². The average molecular weight is 450 g/mol. The van der Waals surface area contributed by atoms with Crippen molar-refractivity contribution in [3.05, 3.63) is 57.0 Å². The molecule has 0 fully saturated rings. The molecule has 2 nitrogen and oxygen atoms in total. The first-order valence-corrected chi connectivity index (χ1v) is 8.67. The third kappa shape index (κ3) is 5.46. The topological polar surface area (TPSA) is 18.5 Å². The van der Waals surface area contributed by atoms with Crippen LogP contribution in [-0.4, -0.2) is 12.2 Å². The minimum absolute atomic E-state index is 0.133. The van der Waals surface area contributed by atoms with Gasteiger partial charge in [0.05, 0.1) is 21.2 Å². The molecule has 2 aromatic carbocycles. The number of benzene rings is 2. The minimum atomic E-state index is -0.324. The lowest BCUT2D eigenvalue weighted by atomic mass is 10.2. The minimum Gasteiger partial charge on any atom is -0.489 e. The predicted molar refractivity (Wildman–Crippen MR) is 93.0 cm³/mol. The second-order valence-corrected chi connectivity index (χ2v) is 6.95. The molecule has 2 unspecified atom stereocenters. The molecule has 0 saturated heterocycles. The molecule has 0 aliphatic rings. The summed E-state index contributed by atoms with van der Waals surface area (Å²) in [5.41, 5.74) is 0. The van der Waals surface area contributed by atoms with E-state index in [-0.39, 0.29) is 23.8 Å². The molecule has 0 heterocycles. The highest BCUT2D eigenvalue weighted by Crippen LogP contribution is 2.29. The molecule has 2 atom stereocenters. The first-order chi connectivity index (χ1) is 10.8. The van der Waals surface area contributed by atoms with Crippen LogP contribution < -0.4 is 9.47 Å². The monoisotopic (exact) mass is 448 g/mol. The van der Waals surface area contributed by atoms with E-state index in [4.69, 9.17) is 9.47 Å². The number of halogens is 4. The van der Waals surface area contributed by atoms with E-state index >= 15 is 0 Å². The lowest BCUT2D eigenvalue weighted by Crippen LogP contribution is -2.23. The largest absolute Gasteiger partial charge is 0.489 e. The highest BCUT2D eigenvalue weighted by atomic mass is 79.9. The van der Waals surface area contributed by atoms with Crippen molar-refractivity contribution in [1.82, 2.24) is 0 Å². The number of hydrogen-bond acceptors (Lipinski definition) is 2. The van der Waals surface area contributed by atoms with Gasteiger partial charge in [0.2, 0.25) is 0 Å². The van der Waals surface area contributed by atoms with Gasteiger partial charge in [-0.1, -0.05) is 0 Å². The second-order valence-electron chi connectivity index (χ2n) is 5.24. The summed E-state index contributed by atoms with van der Waals surface area (Å²) in [4.78, 5) is 0. The Morgan fingerprint density at radius 2 is 1.22 bits per heavy atom. The summed E-state index contributed by atoms with van der Waals surface area (Å²) in [5.74, 6) is 0.507. The Bertz CT molecular complexity index is 622. The Balaban J connectivity index is 1.92. The lowest BCUT2D eigenvalue weighted by Gasteiger charge is -2.21. The molecular formula is C17H16Br2F2O2. The molecule has 0 amide bonds. The van der Waals surface area contributed by atoms with Crippen molar-refractivity contribution < 1.29 is 18.3 Å². The molecule has 0 saturated carbocycles. The van der Waals surface area contributed by atoms with Crippen molar-refractivity contribution >= 4 is 31.9 Å². The van der Waals surface area contributed by atoms with Crippen LogP contribution in [0.25, 0.3) is 0 Å². The van der Waals surface area contributed by atoms with E-state index in [0.717, 1.165) is 0 Å². The first-order valence-electron chi connectivity index (χ1n) is 7.08. The number of rotatable bonds is 6. The number of ether oxygens (including phenoxy) is 2. The Hall–Kier alpha value is -1.14. The summed E-state index contributed by atoms with van der Waals surface area (Å²) in [6.45, 7) is 3.82. The summed E-state index contributed by atoms with van der Waals surface area (Å²) >= 11 is 6.55. The van der Waals surface area contributed by atoms with Crippen LogP contribution in [-0.2, 0) is 0 Å². The van der Waals surface area contributed by atoms with Crippen LogP contribution in [0.2, 0.25) is 0 Å². The van der Waals surface area contributed by atoms with E-state index in [1.807, 2.05) is 13.8 Å². The van der Waals surface area contributed by atoms with Crippen molar-refractivity contribution in [3.63, 3.8) is 0 Å². The molecule has 0 N–H and O–H groups in total. The summed E-state index contributed by atoms with van der Waals surface area (Å²) in [6.07, 6.45) is 0.352. The molecule has 23 heavy (non-hydrogen) atoms. The maximum atomic E-state index is 13.1. The van der Waals surface area contributed by atoms with Gasteiger partial charge in [0.1, 0.15) is 23.1 Å². The average Bonchev–Trinajstić information content (AvgIpc) is 2.45. The highest BCUT2D eigenvalue weighted by Gasteiger charge is 2.15. The van der Waals surface area contributed by atoms with E-state index in [1.165, 1.54) is 24.3 Å². The van der Waals surface area contributed by atoms with E-state index < -0.39 is 0 Å². The van der Waals surface area contributed by atoms with Crippen LogP contribution in [0.1, 0.15) is 20.3 Å². The van der Waals surface area contributed by atoms with Gasteiger partial charge in [-0.2, -0.15) is 0 Å². The molecule has 0 bridgehead atoms. The van der Waals surface area contributed by atoms with Gasteiger partial charge in [-0.05, 0) is 82.1 Å². The van der Waals surface area contributed by atoms with Gasteiger partial charge >= 0.3 is 0 Å². The summed E-state index contributed by atoms with van der Waals surface area (Å²) in [5, 5.41) is 0. The van der Waals surface area contributed by atoms with Gasteiger partial charge in [0, 0.05) is 6.42 Å². The van der Waals surface area contributed by atoms with Crippen molar-refractivity contribution in [1.29, 1.82) is 0 Å². The molecule has 0 aliphatic heterocycles. The quantitative estimate of drug-likeness (QED) is 0.529. The van der Waals surface area contributed by atoms with E-state index in [1.54, 1.807) is 12.1 Å². The molecule has 2 rings (SSSR count). The fraction of sp³-hybridized carbons (Fsp3) is 0.294. The van der Waals surface area contributed by atoms with Gasteiger partial charge in [-0.25, -0.2) is 8.78 Å². The van der Waals surface area contributed by atoms with E-state index in [0.29, 0.717) is 26.9 Å². The smallest absolute Gasteiger partial charge is 0.134 e. The molecule has 0 aromatic heterocycles. The maximum absolute atomic E-state index is 13.1. The zero-order valence-corrected chi connectivity index (χ0v) is 15.8. The highest BCUT2D eigenvalue weighted by molar-refractivity contribution is 9.10. The Kier molecular flexibility index (Phi) is 6.41. The molecule has 0 spiro atoms. The van der Waals surface area contributed by atoms with Gasteiger partial charge in [-0.15, -0.1) is 0 Å². The van der Waals surface area contributed by atoms with Crippen LogP contribution in [0.15, 0.2) is 45.3 Å². The standard InChI is InChI=1S/C17H16Br2F2O2/c1-10(22-16-5-3-12(20)8-14(16)18)7-11(2)23-17-6-4-13(21)9-15(17)19/h3-6,8-11H,7H2,1-2H3. The van der Waals surface area contributed by atoms with Crippen LogP contribution >= 0.6 is 31.9 Å². The van der Waals surface area contributed by atoms with Gasteiger partial charge in [-0.3, -0.25) is 0 Å². The predicted octanol–water partition coefficient (Wildman–Crippen LogP) is 6.11. The Labute approximate surface area is 151 Å². The zero-order chi connectivity index (χ0) is 17.0. The Morgan fingerprint density at radius 1 is 0.826 bits per heavy atom. The maximum Gasteiger partial charge on any atom is 0.134 e. The number of hydrogen-bond donors (Lipinski definition) is 0. The van der Waals surface area contributed by atoms with Gasteiger partial charge in [0.15, 0.2) is 0 Å². The lowest BCUT2D eigenvalue weighted by molar-refractivity contribution is 0.129. The molecule has 124 valence electrons. The normalized spacial score (nSPS) is 13.5. The van der Waals surface area contributed by atoms with E-state index in [2.05, 4.69) is 31.9 Å². The van der Waals surface area contributed by atoms with Crippen molar-refractivity contribution in [3.8, 4) is 11.5 Å². The van der Waals surface area contributed by atoms with Crippen molar-refractivity contribution in [2.45, 2.75) is 32.5 Å². The van der Waals surface area contributed by atoms with Crippen LogP contribution in [0.5, 0.6) is 11.5 Å².